The van der Waals surface area contributed by atoms with E-state index in [1.165, 1.54) is 48.8 Å². The average molecular weight is 612 g/mol. The van der Waals surface area contributed by atoms with Crippen LogP contribution in [0.3, 0.4) is 0 Å². The van der Waals surface area contributed by atoms with E-state index in [4.69, 9.17) is 4.42 Å². The van der Waals surface area contributed by atoms with Crippen LogP contribution in [-0.4, -0.2) is 0 Å². The van der Waals surface area contributed by atoms with E-state index in [1.807, 2.05) is 12.1 Å². The minimum absolute atomic E-state index is 0.914. The van der Waals surface area contributed by atoms with Gasteiger partial charge in [-0.25, -0.2) is 0 Å². The second-order valence-corrected chi connectivity index (χ2v) is 12.5. The minimum atomic E-state index is 0.914. The maximum absolute atomic E-state index is 6.23. The monoisotopic (exact) mass is 611 g/mol. The molecule has 10 rings (SSSR count). The third-order valence-corrected chi connectivity index (χ3v) is 9.79. The SMILES string of the molecule is c1ccc(-c2cccc(N(c3ccc4cc5oc6ccccc6c5cc4c3)c3cccc4c3ccc3c5ccccc5ccc43)c2)cc1. The largest absolute Gasteiger partial charge is 0.456 e. The Bertz CT molecular complexity index is 2850. The van der Waals surface area contributed by atoms with Crippen molar-refractivity contribution in [2.24, 2.45) is 0 Å². The van der Waals surface area contributed by atoms with Gasteiger partial charge in [0.2, 0.25) is 0 Å². The number of nitrogens with zero attached hydrogens (tertiary/aromatic N) is 1. The molecule has 0 radical (unpaired) electrons. The van der Waals surface area contributed by atoms with Crippen LogP contribution in [0.5, 0.6) is 0 Å². The molecule has 0 aliphatic heterocycles. The zero-order valence-electron chi connectivity index (χ0n) is 26.1. The molecule has 1 heterocycles. The number of rotatable bonds is 4. The third kappa shape index (κ3) is 4.20. The lowest BCUT2D eigenvalue weighted by atomic mass is 9.95. The summed E-state index contributed by atoms with van der Waals surface area (Å²) >= 11 is 0. The molecule has 2 heteroatoms. The van der Waals surface area contributed by atoms with Crippen LogP contribution in [0.4, 0.5) is 17.1 Å². The Hall–Kier alpha value is -6.38. The first-order chi connectivity index (χ1) is 23.8. The smallest absolute Gasteiger partial charge is 0.136 e. The molecule has 2 nitrogen and oxygen atoms in total. The number of para-hydroxylation sites is 1. The summed E-state index contributed by atoms with van der Waals surface area (Å²) in [6.45, 7) is 0. The molecule has 10 aromatic rings. The van der Waals surface area contributed by atoms with Crippen molar-refractivity contribution in [1.82, 2.24) is 0 Å². The Kier molecular flexibility index (Phi) is 5.91. The maximum Gasteiger partial charge on any atom is 0.136 e. The zero-order chi connectivity index (χ0) is 31.6. The molecule has 48 heavy (non-hydrogen) atoms. The molecule has 0 aliphatic carbocycles. The molecule has 0 saturated heterocycles. The molecule has 0 spiro atoms. The van der Waals surface area contributed by atoms with Gasteiger partial charge in [0.15, 0.2) is 0 Å². The van der Waals surface area contributed by atoms with Gasteiger partial charge in [-0.15, -0.1) is 0 Å². The van der Waals surface area contributed by atoms with Crippen molar-refractivity contribution in [3.63, 3.8) is 0 Å². The summed E-state index contributed by atoms with van der Waals surface area (Å²) in [6, 6.07) is 63.5. The number of hydrogen-bond donors (Lipinski definition) is 0. The van der Waals surface area contributed by atoms with Gasteiger partial charge in [0.05, 0.1) is 5.69 Å². The van der Waals surface area contributed by atoms with Gasteiger partial charge in [0.1, 0.15) is 11.2 Å². The lowest BCUT2D eigenvalue weighted by Gasteiger charge is -2.28. The van der Waals surface area contributed by atoms with E-state index >= 15 is 0 Å². The number of furan rings is 1. The zero-order valence-corrected chi connectivity index (χ0v) is 26.1. The Labute approximate surface area is 277 Å². The number of anilines is 3. The van der Waals surface area contributed by atoms with Gasteiger partial charge in [0.25, 0.3) is 0 Å². The van der Waals surface area contributed by atoms with Gasteiger partial charge in [-0.3, -0.25) is 0 Å². The van der Waals surface area contributed by atoms with Gasteiger partial charge in [-0.2, -0.15) is 0 Å². The third-order valence-electron chi connectivity index (χ3n) is 9.79. The first kappa shape index (κ1) is 26.8. The van der Waals surface area contributed by atoms with E-state index in [0.717, 1.165) is 44.4 Å². The highest BCUT2D eigenvalue weighted by Crippen LogP contribution is 2.43. The Morgan fingerprint density at radius 2 is 0.979 bits per heavy atom. The molecule has 0 atom stereocenters. The Balaban J connectivity index is 1.23. The standard InChI is InChI=1S/C46H29NO/c1-2-10-30(11-3-1)32-13-8-14-35(26-32)47(36-22-20-33-29-46-43(28-34(33)27-36)42-16-6-7-19-45(42)48-46)44-18-9-17-38-40-23-21-31-12-4-5-15-37(31)39(40)24-25-41(38)44/h1-29H. The van der Waals surface area contributed by atoms with E-state index in [0.29, 0.717) is 0 Å². The Morgan fingerprint density at radius 3 is 1.92 bits per heavy atom. The lowest BCUT2D eigenvalue weighted by molar-refractivity contribution is 0.669. The van der Waals surface area contributed by atoms with Crippen LogP contribution >= 0.6 is 0 Å². The minimum Gasteiger partial charge on any atom is -0.456 e. The predicted octanol–water partition coefficient (Wildman–Crippen LogP) is 13.3. The van der Waals surface area contributed by atoms with E-state index < -0.39 is 0 Å². The fourth-order valence-corrected chi connectivity index (χ4v) is 7.51. The number of benzene rings is 9. The molecular formula is C46H29NO. The molecule has 0 saturated carbocycles. The molecule has 224 valence electrons. The van der Waals surface area contributed by atoms with E-state index in [2.05, 4.69) is 169 Å². The fourth-order valence-electron chi connectivity index (χ4n) is 7.51. The molecular weight excluding hydrogens is 583 g/mol. The van der Waals surface area contributed by atoms with Gasteiger partial charge in [0, 0.05) is 27.5 Å². The van der Waals surface area contributed by atoms with Crippen LogP contribution in [0.1, 0.15) is 0 Å². The highest BCUT2D eigenvalue weighted by Gasteiger charge is 2.18. The molecule has 0 bridgehead atoms. The van der Waals surface area contributed by atoms with Gasteiger partial charge >= 0.3 is 0 Å². The van der Waals surface area contributed by atoms with Crippen molar-refractivity contribution in [2.45, 2.75) is 0 Å². The van der Waals surface area contributed by atoms with Gasteiger partial charge in [-0.05, 0) is 97.4 Å². The summed E-state index contributed by atoms with van der Waals surface area (Å²) in [7, 11) is 0. The van der Waals surface area contributed by atoms with Crippen molar-refractivity contribution < 1.29 is 4.42 Å². The van der Waals surface area contributed by atoms with Crippen LogP contribution in [-0.2, 0) is 0 Å². The summed E-state index contributed by atoms with van der Waals surface area (Å²) in [5.74, 6) is 0. The maximum atomic E-state index is 6.23. The molecule has 9 aromatic carbocycles. The van der Waals surface area contributed by atoms with Crippen molar-refractivity contribution in [3.8, 4) is 11.1 Å². The first-order valence-corrected chi connectivity index (χ1v) is 16.4. The molecule has 0 aliphatic rings. The van der Waals surface area contributed by atoms with E-state index in [-0.39, 0.29) is 0 Å². The highest BCUT2D eigenvalue weighted by molar-refractivity contribution is 6.20. The molecule has 0 unspecified atom stereocenters. The topological polar surface area (TPSA) is 16.4 Å². The normalized spacial score (nSPS) is 11.8. The van der Waals surface area contributed by atoms with Crippen LogP contribution in [0.15, 0.2) is 180 Å². The number of hydrogen-bond acceptors (Lipinski definition) is 2. The summed E-state index contributed by atoms with van der Waals surface area (Å²) in [5, 5.41) is 12.1. The van der Waals surface area contributed by atoms with E-state index in [9.17, 15) is 0 Å². The van der Waals surface area contributed by atoms with Gasteiger partial charge < -0.3 is 9.32 Å². The summed E-state index contributed by atoms with van der Waals surface area (Å²) in [5.41, 5.74) is 7.56. The van der Waals surface area contributed by atoms with Crippen molar-refractivity contribution in [1.29, 1.82) is 0 Å². The van der Waals surface area contributed by atoms with Crippen LogP contribution in [0.2, 0.25) is 0 Å². The summed E-state index contributed by atoms with van der Waals surface area (Å²) in [4.78, 5) is 2.42. The lowest BCUT2D eigenvalue weighted by Crippen LogP contribution is -2.10. The predicted molar refractivity (Wildman–Crippen MR) is 204 cm³/mol. The van der Waals surface area contributed by atoms with Crippen LogP contribution in [0.25, 0.3) is 76.2 Å². The number of fused-ring (bicyclic) bond motifs is 9. The second-order valence-electron chi connectivity index (χ2n) is 12.5. The quantitative estimate of drug-likeness (QED) is 0.184. The summed E-state index contributed by atoms with van der Waals surface area (Å²) < 4.78 is 6.23. The van der Waals surface area contributed by atoms with Crippen LogP contribution in [0, 0.1) is 0 Å². The molecule has 0 amide bonds. The van der Waals surface area contributed by atoms with Crippen molar-refractivity contribution in [2.75, 3.05) is 4.90 Å². The molecule has 0 fully saturated rings. The average Bonchev–Trinajstić information content (AvgIpc) is 3.51. The Morgan fingerprint density at radius 1 is 0.312 bits per heavy atom. The van der Waals surface area contributed by atoms with Crippen molar-refractivity contribution in [3.05, 3.63) is 176 Å². The molecule has 0 N–H and O–H groups in total. The highest BCUT2D eigenvalue weighted by atomic mass is 16.3. The first-order valence-electron chi connectivity index (χ1n) is 16.4. The fraction of sp³-hybridized carbons (Fsp3) is 0. The van der Waals surface area contributed by atoms with Crippen LogP contribution < -0.4 is 4.90 Å². The summed E-state index contributed by atoms with van der Waals surface area (Å²) in [6.07, 6.45) is 0. The van der Waals surface area contributed by atoms with Crippen molar-refractivity contribution >= 4 is 82.1 Å². The van der Waals surface area contributed by atoms with E-state index in [1.54, 1.807) is 0 Å². The molecule has 1 aromatic heterocycles. The van der Waals surface area contributed by atoms with Gasteiger partial charge in [-0.1, -0.05) is 127 Å². The second kappa shape index (κ2) is 10.6.